The zero-order valence-corrected chi connectivity index (χ0v) is 8.12. The minimum atomic E-state index is -0.417. The fourth-order valence-corrected chi connectivity index (χ4v) is 1.72. The Balaban J connectivity index is 2.76. The molecule has 0 saturated carbocycles. The molecule has 0 radical (unpaired) electrons. The van der Waals surface area contributed by atoms with Crippen LogP contribution < -0.4 is 5.32 Å². The second-order valence-electron chi connectivity index (χ2n) is 2.49. The van der Waals surface area contributed by atoms with E-state index in [4.69, 9.17) is 0 Å². The Kier molecular flexibility index (Phi) is 2.70. The van der Waals surface area contributed by atoms with Crippen LogP contribution in [0.1, 0.15) is 11.1 Å². The predicted molar refractivity (Wildman–Crippen MR) is 49.8 cm³/mol. The third-order valence-corrected chi connectivity index (χ3v) is 2.80. The lowest BCUT2D eigenvalue weighted by Gasteiger charge is -2.01. The summed E-state index contributed by atoms with van der Waals surface area (Å²) in [6, 6.07) is 0. The van der Waals surface area contributed by atoms with Crippen molar-refractivity contribution < 1.29 is 9.53 Å². The van der Waals surface area contributed by atoms with Gasteiger partial charge in [0.15, 0.2) is 0 Å². The summed E-state index contributed by atoms with van der Waals surface area (Å²) in [4.78, 5) is 10.8. The number of amides is 1. The first-order chi connectivity index (χ1) is 5.65. The monoisotopic (exact) mass is 185 g/mol. The van der Waals surface area contributed by atoms with Crippen LogP contribution in [-0.4, -0.2) is 13.2 Å². The zero-order chi connectivity index (χ0) is 9.14. The molecule has 1 amide bonds. The summed E-state index contributed by atoms with van der Waals surface area (Å²) >= 11 is 1.51. The van der Waals surface area contributed by atoms with Gasteiger partial charge in [0.1, 0.15) is 5.00 Å². The summed E-state index contributed by atoms with van der Waals surface area (Å²) in [7, 11) is 1.35. The molecule has 0 atom stereocenters. The van der Waals surface area contributed by atoms with Crippen LogP contribution in [0.3, 0.4) is 0 Å². The molecular formula is C8H11NO2S. The van der Waals surface area contributed by atoms with E-state index in [9.17, 15) is 4.79 Å². The van der Waals surface area contributed by atoms with Crippen LogP contribution >= 0.6 is 11.3 Å². The van der Waals surface area contributed by atoms with Crippen molar-refractivity contribution in [3.63, 3.8) is 0 Å². The number of hydrogen-bond donors (Lipinski definition) is 1. The summed E-state index contributed by atoms with van der Waals surface area (Å²) in [6.45, 7) is 3.98. The van der Waals surface area contributed by atoms with E-state index in [0.717, 1.165) is 10.6 Å². The summed E-state index contributed by atoms with van der Waals surface area (Å²) in [5.41, 5.74) is 2.29. The summed E-state index contributed by atoms with van der Waals surface area (Å²) in [5.74, 6) is 0. The number of thiophene rings is 1. The van der Waals surface area contributed by atoms with E-state index in [1.165, 1.54) is 24.0 Å². The summed E-state index contributed by atoms with van der Waals surface area (Å²) in [5, 5.41) is 5.50. The van der Waals surface area contributed by atoms with E-state index in [1.807, 2.05) is 19.2 Å². The quantitative estimate of drug-likeness (QED) is 0.730. The van der Waals surface area contributed by atoms with Gasteiger partial charge in [-0.15, -0.1) is 11.3 Å². The van der Waals surface area contributed by atoms with Crippen LogP contribution in [0.5, 0.6) is 0 Å². The second-order valence-corrected chi connectivity index (χ2v) is 3.37. The molecule has 1 heterocycles. The molecule has 0 spiro atoms. The molecule has 0 fully saturated rings. The Bertz CT molecular complexity index is 293. The van der Waals surface area contributed by atoms with E-state index in [2.05, 4.69) is 10.1 Å². The Morgan fingerprint density at radius 2 is 2.25 bits per heavy atom. The molecule has 3 nitrogen and oxygen atoms in total. The van der Waals surface area contributed by atoms with Crippen molar-refractivity contribution in [1.82, 2.24) is 0 Å². The van der Waals surface area contributed by atoms with E-state index < -0.39 is 6.09 Å². The zero-order valence-electron chi connectivity index (χ0n) is 7.30. The van der Waals surface area contributed by atoms with E-state index in [1.54, 1.807) is 0 Å². The van der Waals surface area contributed by atoms with Gasteiger partial charge in [0, 0.05) is 0 Å². The summed E-state index contributed by atoms with van der Waals surface area (Å²) < 4.78 is 4.48. The average Bonchev–Trinajstić information content (AvgIpc) is 2.36. The number of rotatable bonds is 1. The lowest BCUT2D eigenvalue weighted by molar-refractivity contribution is 0.187. The summed E-state index contributed by atoms with van der Waals surface area (Å²) in [6.07, 6.45) is -0.417. The smallest absolute Gasteiger partial charge is 0.411 e. The SMILES string of the molecule is COC(=O)Nc1scc(C)c1C. The standard InChI is InChI=1S/C8H11NO2S/c1-5-4-12-7(6(5)2)9-8(10)11-3/h4H,1-3H3,(H,9,10). The highest BCUT2D eigenvalue weighted by Gasteiger charge is 2.06. The molecule has 0 saturated heterocycles. The molecule has 1 N–H and O–H groups in total. The van der Waals surface area contributed by atoms with Crippen molar-refractivity contribution in [3.8, 4) is 0 Å². The van der Waals surface area contributed by atoms with Gasteiger partial charge in [0.2, 0.25) is 0 Å². The molecule has 12 heavy (non-hydrogen) atoms. The van der Waals surface area contributed by atoms with Crippen LogP contribution in [0.2, 0.25) is 0 Å². The van der Waals surface area contributed by atoms with Crippen molar-refractivity contribution in [2.24, 2.45) is 0 Å². The number of nitrogens with one attached hydrogen (secondary N) is 1. The van der Waals surface area contributed by atoms with Crippen molar-refractivity contribution >= 4 is 22.4 Å². The van der Waals surface area contributed by atoms with E-state index in [0.29, 0.717) is 0 Å². The first kappa shape index (κ1) is 9.06. The highest BCUT2D eigenvalue weighted by molar-refractivity contribution is 7.14. The first-order valence-electron chi connectivity index (χ1n) is 3.54. The molecule has 0 aliphatic heterocycles. The highest BCUT2D eigenvalue weighted by atomic mass is 32.1. The number of methoxy groups -OCH3 is 1. The van der Waals surface area contributed by atoms with Gasteiger partial charge in [-0.1, -0.05) is 0 Å². The normalized spacial score (nSPS) is 9.58. The average molecular weight is 185 g/mol. The van der Waals surface area contributed by atoms with Crippen LogP contribution in [0, 0.1) is 13.8 Å². The van der Waals surface area contributed by atoms with Crippen molar-refractivity contribution in [3.05, 3.63) is 16.5 Å². The number of hydrogen-bond acceptors (Lipinski definition) is 3. The second kappa shape index (κ2) is 3.58. The van der Waals surface area contributed by atoms with E-state index in [-0.39, 0.29) is 0 Å². The van der Waals surface area contributed by atoms with Gasteiger partial charge in [-0.2, -0.15) is 0 Å². The number of carbonyl (C=O) groups is 1. The molecule has 0 aliphatic carbocycles. The molecule has 0 bridgehead atoms. The van der Waals surface area contributed by atoms with Gasteiger partial charge in [0.25, 0.3) is 0 Å². The highest BCUT2D eigenvalue weighted by Crippen LogP contribution is 2.26. The van der Waals surface area contributed by atoms with Crippen LogP contribution in [0.25, 0.3) is 0 Å². The van der Waals surface area contributed by atoms with Gasteiger partial charge in [0.05, 0.1) is 7.11 Å². The minimum absolute atomic E-state index is 0.417. The fourth-order valence-electron chi connectivity index (χ4n) is 0.770. The van der Waals surface area contributed by atoms with E-state index >= 15 is 0 Å². The Hall–Kier alpha value is -1.03. The number of aryl methyl sites for hydroxylation is 1. The fraction of sp³-hybridized carbons (Fsp3) is 0.375. The van der Waals surface area contributed by atoms with Crippen molar-refractivity contribution in [1.29, 1.82) is 0 Å². The Morgan fingerprint density at radius 1 is 1.58 bits per heavy atom. The molecule has 1 rings (SSSR count). The molecule has 0 unspecified atom stereocenters. The van der Waals surface area contributed by atoms with Crippen molar-refractivity contribution in [2.75, 3.05) is 12.4 Å². The van der Waals surface area contributed by atoms with Crippen LogP contribution in [-0.2, 0) is 4.74 Å². The van der Waals surface area contributed by atoms with Crippen LogP contribution in [0.15, 0.2) is 5.38 Å². The van der Waals surface area contributed by atoms with Gasteiger partial charge in [-0.05, 0) is 30.4 Å². The maximum Gasteiger partial charge on any atom is 0.411 e. The third-order valence-electron chi connectivity index (χ3n) is 1.69. The van der Waals surface area contributed by atoms with Crippen LogP contribution in [0.4, 0.5) is 9.80 Å². The Labute approximate surface area is 75.4 Å². The topological polar surface area (TPSA) is 38.3 Å². The number of carbonyl (C=O) groups excluding carboxylic acids is 1. The van der Waals surface area contributed by atoms with Gasteiger partial charge >= 0.3 is 6.09 Å². The lowest BCUT2D eigenvalue weighted by atomic mass is 10.2. The predicted octanol–water partition coefficient (Wildman–Crippen LogP) is 2.54. The molecule has 0 aromatic carbocycles. The largest absolute Gasteiger partial charge is 0.453 e. The van der Waals surface area contributed by atoms with Gasteiger partial charge in [-0.3, -0.25) is 5.32 Å². The Morgan fingerprint density at radius 3 is 2.67 bits per heavy atom. The van der Waals surface area contributed by atoms with Gasteiger partial charge < -0.3 is 4.74 Å². The maximum atomic E-state index is 10.8. The maximum absolute atomic E-state index is 10.8. The number of anilines is 1. The molecule has 0 aliphatic rings. The molecule has 4 heteroatoms. The third kappa shape index (κ3) is 1.76. The molecule has 1 aromatic heterocycles. The van der Waals surface area contributed by atoms with Gasteiger partial charge in [-0.25, -0.2) is 4.79 Å². The molecular weight excluding hydrogens is 174 g/mol. The minimum Gasteiger partial charge on any atom is -0.453 e. The number of ether oxygens (including phenoxy) is 1. The lowest BCUT2D eigenvalue weighted by Crippen LogP contribution is -2.10. The molecule has 66 valence electrons. The molecule has 1 aromatic rings. The first-order valence-corrected chi connectivity index (χ1v) is 4.42. The van der Waals surface area contributed by atoms with Crippen molar-refractivity contribution in [2.45, 2.75) is 13.8 Å².